The van der Waals surface area contributed by atoms with E-state index in [4.69, 9.17) is 10.8 Å². The van der Waals surface area contributed by atoms with Crippen molar-refractivity contribution in [2.24, 2.45) is 5.73 Å². The van der Waals surface area contributed by atoms with Crippen LogP contribution < -0.4 is 5.73 Å². The molecule has 0 aliphatic heterocycles. The molecule has 2 aromatic heterocycles. The van der Waals surface area contributed by atoms with Gasteiger partial charge in [0.2, 0.25) is 0 Å². The average molecular weight is 205 g/mol. The SMILES string of the molecule is CCc1ncc2c(C(N)CO)cccn12. The van der Waals surface area contributed by atoms with Crippen LogP contribution in [0.25, 0.3) is 5.52 Å². The highest BCUT2D eigenvalue weighted by Gasteiger charge is 2.10. The molecule has 2 aromatic rings. The molecule has 80 valence electrons. The summed E-state index contributed by atoms with van der Waals surface area (Å²) in [6, 6.07) is 3.52. The van der Waals surface area contributed by atoms with Crippen LogP contribution in [0.3, 0.4) is 0 Å². The quantitative estimate of drug-likeness (QED) is 0.782. The third-order valence-electron chi connectivity index (χ3n) is 2.59. The highest BCUT2D eigenvalue weighted by atomic mass is 16.3. The van der Waals surface area contributed by atoms with E-state index in [1.165, 1.54) is 0 Å². The minimum Gasteiger partial charge on any atom is -0.394 e. The number of nitrogens with zero attached hydrogens (tertiary/aromatic N) is 2. The number of rotatable bonds is 3. The van der Waals surface area contributed by atoms with Crippen LogP contribution in [0.2, 0.25) is 0 Å². The predicted octanol–water partition coefficient (Wildman–Crippen LogP) is 0.889. The molecule has 1 unspecified atom stereocenters. The normalized spacial score (nSPS) is 13.3. The molecule has 15 heavy (non-hydrogen) atoms. The van der Waals surface area contributed by atoms with Crippen molar-refractivity contribution in [2.75, 3.05) is 6.61 Å². The fourth-order valence-electron chi connectivity index (χ4n) is 1.77. The van der Waals surface area contributed by atoms with Crippen LogP contribution in [-0.2, 0) is 6.42 Å². The number of aromatic nitrogens is 2. The van der Waals surface area contributed by atoms with E-state index < -0.39 is 0 Å². The van der Waals surface area contributed by atoms with Gasteiger partial charge in [-0.15, -0.1) is 0 Å². The Morgan fingerprint density at radius 1 is 1.60 bits per heavy atom. The molecule has 0 amide bonds. The summed E-state index contributed by atoms with van der Waals surface area (Å²) in [6.07, 6.45) is 4.66. The van der Waals surface area contributed by atoms with Crippen LogP contribution in [0, 0.1) is 0 Å². The van der Waals surface area contributed by atoms with E-state index in [1.54, 1.807) is 0 Å². The maximum atomic E-state index is 9.06. The summed E-state index contributed by atoms with van der Waals surface area (Å²) in [5.74, 6) is 1.01. The molecule has 0 spiro atoms. The van der Waals surface area contributed by atoms with Crippen LogP contribution in [0.1, 0.15) is 24.4 Å². The second kappa shape index (κ2) is 4.00. The number of hydrogen-bond donors (Lipinski definition) is 2. The molecule has 2 heterocycles. The van der Waals surface area contributed by atoms with Gasteiger partial charge in [0.25, 0.3) is 0 Å². The first-order chi connectivity index (χ1) is 7.27. The van der Waals surface area contributed by atoms with Crippen molar-refractivity contribution in [3.63, 3.8) is 0 Å². The van der Waals surface area contributed by atoms with Crippen LogP contribution in [-0.4, -0.2) is 21.1 Å². The smallest absolute Gasteiger partial charge is 0.112 e. The molecular formula is C11H15N3O. The highest BCUT2D eigenvalue weighted by molar-refractivity contribution is 5.55. The zero-order valence-corrected chi connectivity index (χ0v) is 8.72. The molecule has 4 heteroatoms. The minimum atomic E-state index is -0.338. The van der Waals surface area contributed by atoms with Gasteiger partial charge < -0.3 is 15.2 Å². The molecule has 0 bridgehead atoms. The van der Waals surface area contributed by atoms with Crippen LogP contribution in [0.15, 0.2) is 24.5 Å². The molecule has 0 aromatic carbocycles. The minimum absolute atomic E-state index is 0.0493. The van der Waals surface area contributed by atoms with Gasteiger partial charge in [-0.05, 0) is 11.6 Å². The summed E-state index contributed by atoms with van der Waals surface area (Å²) in [5, 5.41) is 9.06. The molecule has 0 fully saturated rings. The summed E-state index contributed by atoms with van der Waals surface area (Å²) in [5.41, 5.74) is 7.74. The molecular weight excluding hydrogens is 190 g/mol. The number of aryl methyl sites for hydroxylation is 1. The molecule has 0 aliphatic carbocycles. The van der Waals surface area contributed by atoms with Crippen molar-refractivity contribution < 1.29 is 5.11 Å². The Morgan fingerprint density at radius 2 is 2.40 bits per heavy atom. The Hall–Kier alpha value is -1.39. The van der Waals surface area contributed by atoms with Gasteiger partial charge in [0, 0.05) is 12.6 Å². The van der Waals surface area contributed by atoms with E-state index in [1.807, 2.05) is 28.9 Å². The molecule has 2 rings (SSSR count). The molecule has 0 saturated heterocycles. The first-order valence-electron chi connectivity index (χ1n) is 5.09. The van der Waals surface area contributed by atoms with E-state index in [0.717, 1.165) is 23.3 Å². The fourth-order valence-corrected chi connectivity index (χ4v) is 1.77. The molecule has 4 nitrogen and oxygen atoms in total. The Labute approximate surface area is 88.4 Å². The van der Waals surface area contributed by atoms with Crippen LogP contribution in [0.4, 0.5) is 0 Å². The lowest BCUT2D eigenvalue weighted by Gasteiger charge is -2.10. The number of imidazole rings is 1. The number of aliphatic hydroxyl groups is 1. The average Bonchev–Trinajstić information content (AvgIpc) is 2.70. The topological polar surface area (TPSA) is 63.5 Å². The van der Waals surface area contributed by atoms with Gasteiger partial charge >= 0.3 is 0 Å². The maximum absolute atomic E-state index is 9.06. The summed E-state index contributed by atoms with van der Waals surface area (Å²) in [7, 11) is 0. The van der Waals surface area contributed by atoms with E-state index in [0.29, 0.717) is 0 Å². The van der Waals surface area contributed by atoms with Gasteiger partial charge in [0.15, 0.2) is 0 Å². The second-order valence-electron chi connectivity index (χ2n) is 3.54. The zero-order chi connectivity index (χ0) is 10.8. The third kappa shape index (κ3) is 1.62. The fraction of sp³-hybridized carbons (Fsp3) is 0.364. The summed E-state index contributed by atoms with van der Waals surface area (Å²) < 4.78 is 2.02. The monoisotopic (exact) mass is 205 g/mol. The van der Waals surface area contributed by atoms with Crippen molar-refractivity contribution in [3.8, 4) is 0 Å². The number of nitrogens with two attached hydrogens (primary N) is 1. The van der Waals surface area contributed by atoms with Crippen LogP contribution >= 0.6 is 0 Å². The van der Waals surface area contributed by atoms with Gasteiger partial charge in [-0.25, -0.2) is 4.98 Å². The van der Waals surface area contributed by atoms with Crippen LogP contribution in [0.5, 0.6) is 0 Å². The summed E-state index contributed by atoms with van der Waals surface area (Å²) >= 11 is 0. The van der Waals surface area contributed by atoms with E-state index >= 15 is 0 Å². The molecule has 1 atom stereocenters. The van der Waals surface area contributed by atoms with Gasteiger partial charge in [-0.1, -0.05) is 13.0 Å². The summed E-state index contributed by atoms with van der Waals surface area (Å²) in [4.78, 5) is 4.32. The Bertz CT molecular complexity index is 464. The van der Waals surface area contributed by atoms with Gasteiger partial charge in [-0.3, -0.25) is 0 Å². The Morgan fingerprint density at radius 3 is 3.07 bits per heavy atom. The van der Waals surface area contributed by atoms with Crippen molar-refractivity contribution in [2.45, 2.75) is 19.4 Å². The summed E-state index contributed by atoms with van der Waals surface area (Å²) in [6.45, 7) is 2.01. The molecule has 0 saturated carbocycles. The van der Waals surface area contributed by atoms with E-state index in [-0.39, 0.29) is 12.6 Å². The van der Waals surface area contributed by atoms with Crippen molar-refractivity contribution in [1.82, 2.24) is 9.38 Å². The lowest BCUT2D eigenvalue weighted by Crippen LogP contribution is -2.15. The van der Waals surface area contributed by atoms with Crippen molar-refractivity contribution >= 4 is 5.52 Å². The molecule has 0 radical (unpaired) electrons. The zero-order valence-electron chi connectivity index (χ0n) is 8.72. The first kappa shape index (κ1) is 10.1. The first-order valence-corrected chi connectivity index (χ1v) is 5.09. The lowest BCUT2D eigenvalue weighted by atomic mass is 10.1. The predicted molar refractivity (Wildman–Crippen MR) is 58.6 cm³/mol. The highest BCUT2D eigenvalue weighted by Crippen LogP contribution is 2.18. The Balaban J connectivity index is 2.61. The maximum Gasteiger partial charge on any atom is 0.112 e. The van der Waals surface area contributed by atoms with Crippen molar-refractivity contribution in [3.05, 3.63) is 35.9 Å². The lowest BCUT2D eigenvalue weighted by molar-refractivity contribution is 0.268. The third-order valence-corrected chi connectivity index (χ3v) is 2.59. The van der Waals surface area contributed by atoms with E-state index in [9.17, 15) is 0 Å². The van der Waals surface area contributed by atoms with E-state index in [2.05, 4.69) is 11.9 Å². The second-order valence-corrected chi connectivity index (χ2v) is 3.54. The van der Waals surface area contributed by atoms with Gasteiger partial charge in [0.1, 0.15) is 5.82 Å². The molecule has 0 aliphatic rings. The van der Waals surface area contributed by atoms with Crippen molar-refractivity contribution in [1.29, 1.82) is 0 Å². The van der Waals surface area contributed by atoms with Gasteiger partial charge in [0.05, 0.1) is 24.4 Å². The van der Waals surface area contributed by atoms with Gasteiger partial charge in [-0.2, -0.15) is 0 Å². The number of fused-ring (bicyclic) bond motifs is 1. The number of aliphatic hydroxyl groups excluding tert-OH is 1. The largest absolute Gasteiger partial charge is 0.394 e. The standard InChI is InChI=1S/C11H15N3O/c1-2-11-13-6-10-8(9(12)7-15)4-3-5-14(10)11/h3-6,9,15H,2,7,12H2,1H3. The number of pyridine rings is 1. The Kier molecular flexibility index (Phi) is 2.70. The molecule has 3 N–H and O–H groups in total. The number of hydrogen-bond acceptors (Lipinski definition) is 3.